The summed E-state index contributed by atoms with van der Waals surface area (Å²) >= 11 is 0. The number of rotatable bonds is 3. The van der Waals surface area contributed by atoms with Gasteiger partial charge >= 0.3 is 5.97 Å². The Labute approximate surface area is 63.6 Å². The molecule has 0 aliphatic carbocycles. The molecule has 1 aromatic rings. The number of aliphatic carboxylic acids is 1. The first-order valence-electron chi connectivity index (χ1n) is 3.16. The fourth-order valence-electron chi connectivity index (χ4n) is 0.644. The number of carboxylic acid groups (broad SMARTS) is 1. The predicted molar refractivity (Wildman–Crippen MR) is 39.9 cm³/mol. The van der Waals surface area contributed by atoms with Gasteiger partial charge < -0.3 is 10.1 Å². The van der Waals surface area contributed by atoms with E-state index in [1.807, 2.05) is 0 Å². The molecule has 0 bridgehead atoms. The van der Waals surface area contributed by atoms with E-state index in [1.54, 1.807) is 24.7 Å². The Morgan fingerprint density at radius 2 is 2.64 bits per heavy atom. The molecule has 0 saturated carbocycles. The highest BCUT2D eigenvalue weighted by atomic mass is 16.4. The minimum Gasteiger partial charge on any atom is -0.481 e. The molecule has 1 aromatic heterocycles. The van der Waals surface area contributed by atoms with E-state index in [4.69, 9.17) is 5.11 Å². The molecule has 58 valence electrons. The average Bonchev–Trinajstić information content (AvgIpc) is 2.39. The van der Waals surface area contributed by atoms with Gasteiger partial charge in [0.05, 0.1) is 24.6 Å². The second-order valence-corrected chi connectivity index (χ2v) is 2.01. The fraction of sp³-hybridized carbons (Fsp3) is 0.143. The monoisotopic (exact) mass is 152 g/mol. The number of imidazole rings is 1. The Hall–Kier alpha value is -1.58. The smallest absolute Gasteiger partial charge is 0.307 e. The largest absolute Gasteiger partial charge is 0.481 e. The van der Waals surface area contributed by atoms with Crippen LogP contribution in [0.3, 0.4) is 0 Å². The van der Waals surface area contributed by atoms with Crippen molar-refractivity contribution < 1.29 is 9.90 Å². The van der Waals surface area contributed by atoms with Crippen LogP contribution in [0.1, 0.15) is 12.1 Å². The zero-order valence-electron chi connectivity index (χ0n) is 5.82. The van der Waals surface area contributed by atoms with Crippen molar-refractivity contribution in [2.45, 2.75) is 6.42 Å². The summed E-state index contributed by atoms with van der Waals surface area (Å²) in [4.78, 5) is 16.6. The summed E-state index contributed by atoms with van der Waals surface area (Å²) in [5, 5.41) is 8.27. The lowest BCUT2D eigenvalue weighted by Crippen LogP contribution is -1.89. The quantitative estimate of drug-likeness (QED) is 0.676. The molecule has 2 N–H and O–H groups in total. The van der Waals surface area contributed by atoms with Crippen LogP contribution in [0.5, 0.6) is 0 Å². The fourth-order valence-corrected chi connectivity index (χ4v) is 0.644. The lowest BCUT2D eigenvalue weighted by atomic mass is 10.3. The third kappa shape index (κ3) is 2.66. The van der Waals surface area contributed by atoms with E-state index in [0.29, 0.717) is 0 Å². The topological polar surface area (TPSA) is 66.0 Å². The van der Waals surface area contributed by atoms with Gasteiger partial charge in [-0.25, -0.2) is 4.98 Å². The van der Waals surface area contributed by atoms with Crippen LogP contribution < -0.4 is 0 Å². The number of hydrogen-bond acceptors (Lipinski definition) is 2. The number of carboxylic acids is 1. The summed E-state index contributed by atoms with van der Waals surface area (Å²) in [5.74, 6) is -0.833. The number of hydrogen-bond donors (Lipinski definition) is 2. The summed E-state index contributed by atoms with van der Waals surface area (Å²) in [6.07, 6.45) is 6.45. The summed E-state index contributed by atoms with van der Waals surface area (Å²) in [5.41, 5.74) is 0.811. The zero-order chi connectivity index (χ0) is 8.10. The van der Waals surface area contributed by atoms with Gasteiger partial charge in [0.25, 0.3) is 0 Å². The molecular weight excluding hydrogens is 144 g/mol. The van der Waals surface area contributed by atoms with Crippen LogP contribution in [-0.4, -0.2) is 21.0 Å². The van der Waals surface area contributed by atoms with E-state index < -0.39 is 5.97 Å². The maximum Gasteiger partial charge on any atom is 0.307 e. The molecule has 0 amide bonds. The van der Waals surface area contributed by atoms with Gasteiger partial charge in [0, 0.05) is 0 Å². The molecule has 1 heterocycles. The Kier molecular flexibility index (Phi) is 2.43. The number of aromatic nitrogens is 2. The lowest BCUT2D eigenvalue weighted by Gasteiger charge is -1.82. The minimum absolute atomic E-state index is 0.0407. The van der Waals surface area contributed by atoms with E-state index >= 15 is 0 Å². The van der Waals surface area contributed by atoms with E-state index in [0.717, 1.165) is 5.69 Å². The van der Waals surface area contributed by atoms with Crippen molar-refractivity contribution in [2.75, 3.05) is 0 Å². The van der Waals surface area contributed by atoms with Gasteiger partial charge in [-0.1, -0.05) is 6.08 Å². The number of aromatic amines is 1. The molecule has 0 saturated heterocycles. The Bertz CT molecular complexity index is 251. The molecule has 4 nitrogen and oxygen atoms in total. The van der Waals surface area contributed by atoms with Gasteiger partial charge in [-0.2, -0.15) is 0 Å². The lowest BCUT2D eigenvalue weighted by molar-refractivity contribution is -0.135. The SMILES string of the molecule is O=C(O)C/C=C/c1cnc[nH]1. The molecule has 0 aliphatic rings. The van der Waals surface area contributed by atoms with Crippen LogP contribution in [-0.2, 0) is 4.79 Å². The van der Waals surface area contributed by atoms with E-state index in [2.05, 4.69) is 9.97 Å². The van der Waals surface area contributed by atoms with Gasteiger partial charge in [-0.3, -0.25) is 4.79 Å². The summed E-state index contributed by atoms with van der Waals surface area (Å²) in [6.45, 7) is 0. The van der Waals surface area contributed by atoms with Gasteiger partial charge in [-0.15, -0.1) is 0 Å². The van der Waals surface area contributed by atoms with E-state index in [9.17, 15) is 4.79 Å². The molecule has 1 rings (SSSR count). The molecule has 0 atom stereocenters. The first-order valence-corrected chi connectivity index (χ1v) is 3.16. The number of nitrogens with one attached hydrogen (secondary N) is 1. The van der Waals surface area contributed by atoms with Crippen molar-refractivity contribution >= 4 is 12.0 Å². The maximum atomic E-state index is 10.1. The van der Waals surface area contributed by atoms with Crippen molar-refractivity contribution in [3.8, 4) is 0 Å². The molecule has 0 radical (unpaired) electrons. The second-order valence-electron chi connectivity index (χ2n) is 2.01. The molecule has 4 heteroatoms. The summed E-state index contributed by atoms with van der Waals surface area (Å²) in [6, 6.07) is 0. The van der Waals surface area contributed by atoms with E-state index in [1.165, 1.54) is 0 Å². The Morgan fingerprint density at radius 1 is 1.82 bits per heavy atom. The van der Waals surface area contributed by atoms with Crippen molar-refractivity contribution in [1.82, 2.24) is 9.97 Å². The highest BCUT2D eigenvalue weighted by Gasteiger charge is 1.89. The molecule has 0 unspecified atom stereocenters. The van der Waals surface area contributed by atoms with E-state index in [-0.39, 0.29) is 6.42 Å². The third-order valence-corrected chi connectivity index (χ3v) is 1.11. The number of H-pyrrole nitrogens is 1. The van der Waals surface area contributed by atoms with Crippen molar-refractivity contribution in [3.63, 3.8) is 0 Å². The Balaban J connectivity index is 2.43. The first kappa shape index (κ1) is 7.53. The van der Waals surface area contributed by atoms with Crippen LogP contribution in [0.2, 0.25) is 0 Å². The standard InChI is InChI=1S/C7H8N2O2/c10-7(11)3-1-2-6-4-8-5-9-6/h1-2,4-5H,3H2,(H,8,9)(H,10,11)/b2-1+. The van der Waals surface area contributed by atoms with Crippen molar-refractivity contribution in [1.29, 1.82) is 0 Å². The average molecular weight is 152 g/mol. The van der Waals surface area contributed by atoms with Crippen LogP contribution >= 0.6 is 0 Å². The molecule has 0 aliphatic heterocycles. The molecule has 0 fully saturated rings. The zero-order valence-corrected chi connectivity index (χ0v) is 5.82. The molecular formula is C7H8N2O2. The predicted octanol–water partition coefficient (Wildman–Crippen LogP) is 0.898. The number of nitrogens with zero attached hydrogens (tertiary/aromatic N) is 1. The van der Waals surface area contributed by atoms with Crippen LogP contribution in [0, 0.1) is 0 Å². The van der Waals surface area contributed by atoms with Gasteiger partial charge in [0.2, 0.25) is 0 Å². The van der Waals surface area contributed by atoms with Gasteiger partial charge in [-0.05, 0) is 6.08 Å². The molecule has 11 heavy (non-hydrogen) atoms. The minimum atomic E-state index is -0.833. The highest BCUT2D eigenvalue weighted by Crippen LogP contribution is 1.95. The molecule has 0 aromatic carbocycles. The van der Waals surface area contributed by atoms with Gasteiger partial charge in [0.15, 0.2) is 0 Å². The third-order valence-electron chi connectivity index (χ3n) is 1.11. The highest BCUT2D eigenvalue weighted by molar-refractivity contribution is 5.70. The summed E-state index contributed by atoms with van der Waals surface area (Å²) in [7, 11) is 0. The van der Waals surface area contributed by atoms with Crippen LogP contribution in [0.15, 0.2) is 18.6 Å². The summed E-state index contributed by atoms with van der Waals surface area (Å²) < 4.78 is 0. The van der Waals surface area contributed by atoms with Crippen molar-refractivity contribution in [3.05, 3.63) is 24.3 Å². The number of carbonyl (C=O) groups is 1. The van der Waals surface area contributed by atoms with Crippen molar-refractivity contribution in [2.24, 2.45) is 0 Å². The van der Waals surface area contributed by atoms with Crippen LogP contribution in [0.4, 0.5) is 0 Å². The first-order chi connectivity index (χ1) is 5.29. The van der Waals surface area contributed by atoms with Gasteiger partial charge in [0.1, 0.15) is 0 Å². The normalized spacial score (nSPS) is 10.5. The Morgan fingerprint density at radius 3 is 3.18 bits per heavy atom. The maximum absolute atomic E-state index is 10.1. The van der Waals surface area contributed by atoms with Crippen LogP contribution in [0.25, 0.3) is 6.08 Å². The second kappa shape index (κ2) is 3.55. The molecule has 0 spiro atoms.